The molecule has 3 rings (SSSR count). The van der Waals surface area contributed by atoms with E-state index < -0.39 is 9.84 Å². The standard InChI is InChI=1S/C15H12O3S/c1-10-15(16)13-8-7-12(9-14(13)19(10,17)18)11-5-3-2-4-6-11/h2-9,16H,1H3. The number of aliphatic hydroxyl groups excluding tert-OH is 1. The molecule has 2 aromatic rings. The minimum absolute atomic E-state index is 0.0210. The molecule has 4 heteroatoms. The smallest absolute Gasteiger partial charge is 0.206 e. The Hall–Kier alpha value is -2.07. The molecular formula is C15H12O3S. The molecule has 0 saturated carbocycles. The van der Waals surface area contributed by atoms with Crippen LogP contribution in [0.5, 0.6) is 0 Å². The van der Waals surface area contributed by atoms with Crippen molar-refractivity contribution in [2.24, 2.45) is 0 Å². The SMILES string of the molecule is CC1=C(O)c2ccc(-c3ccccc3)cc2S1(=O)=O. The number of hydrogen-bond donors (Lipinski definition) is 1. The Kier molecular flexibility index (Phi) is 2.50. The number of rotatable bonds is 1. The van der Waals surface area contributed by atoms with E-state index in [2.05, 4.69) is 0 Å². The van der Waals surface area contributed by atoms with Crippen LogP contribution in [0.15, 0.2) is 58.3 Å². The van der Waals surface area contributed by atoms with E-state index in [0.717, 1.165) is 11.1 Å². The summed E-state index contributed by atoms with van der Waals surface area (Å²) in [6.07, 6.45) is 0. The highest BCUT2D eigenvalue weighted by molar-refractivity contribution is 7.95. The predicted octanol–water partition coefficient (Wildman–Crippen LogP) is 3.39. The first-order chi connectivity index (χ1) is 9.01. The van der Waals surface area contributed by atoms with Crippen molar-refractivity contribution in [3.05, 3.63) is 59.0 Å². The highest BCUT2D eigenvalue weighted by Crippen LogP contribution is 2.39. The monoisotopic (exact) mass is 272 g/mol. The summed E-state index contributed by atoms with van der Waals surface area (Å²) in [5.74, 6) is -0.144. The zero-order chi connectivity index (χ0) is 13.6. The molecule has 0 bridgehead atoms. The molecule has 0 spiro atoms. The van der Waals surface area contributed by atoms with Crippen molar-refractivity contribution in [3.8, 4) is 11.1 Å². The first kappa shape index (κ1) is 12.0. The molecule has 19 heavy (non-hydrogen) atoms. The fourth-order valence-electron chi connectivity index (χ4n) is 2.23. The van der Waals surface area contributed by atoms with Crippen LogP contribution in [0, 0.1) is 0 Å². The zero-order valence-corrected chi connectivity index (χ0v) is 11.1. The average Bonchev–Trinajstić information content (AvgIpc) is 2.61. The Balaban J connectivity index is 2.23. The zero-order valence-electron chi connectivity index (χ0n) is 10.3. The van der Waals surface area contributed by atoms with Crippen LogP contribution in [0.1, 0.15) is 12.5 Å². The van der Waals surface area contributed by atoms with Gasteiger partial charge >= 0.3 is 0 Å². The topological polar surface area (TPSA) is 54.4 Å². The average molecular weight is 272 g/mol. The molecule has 0 aromatic heterocycles. The molecular weight excluding hydrogens is 260 g/mol. The van der Waals surface area contributed by atoms with Crippen LogP contribution in [0.2, 0.25) is 0 Å². The maximum atomic E-state index is 12.2. The molecule has 1 N–H and O–H groups in total. The minimum atomic E-state index is -3.53. The molecule has 2 aromatic carbocycles. The molecule has 0 amide bonds. The molecule has 0 saturated heterocycles. The van der Waals surface area contributed by atoms with Gasteiger partial charge in [-0.1, -0.05) is 36.4 Å². The van der Waals surface area contributed by atoms with Crippen molar-refractivity contribution in [1.82, 2.24) is 0 Å². The Bertz CT molecular complexity index is 787. The third-order valence-electron chi connectivity index (χ3n) is 3.37. The first-order valence-electron chi connectivity index (χ1n) is 5.86. The van der Waals surface area contributed by atoms with Crippen molar-refractivity contribution < 1.29 is 13.5 Å². The molecule has 0 unspecified atom stereocenters. The van der Waals surface area contributed by atoms with Crippen LogP contribution in [0.3, 0.4) is 0 Å². The van der Waals surface area contributed by atoms with Crippen LogP contribution in [0.25, 0.3) is 16.9 Å². The summed E-state index contributed by atoms with van der Waals surface area (Å²) in [7, 11) is -3.53. The summed E-state index contributed by atoms with van der Waals surface area (Å²) in [4.78, 5) is 0.205. The van der Waals surface area contributed by atoms with Gasteiger partial charge in [0, 0.05) is 5.56 Å². The van der Waals surface area contributed by atoms with E-state index in [9.17, 15) is 13.5 Å². The van der Waals surface area contributed by atoms with Gasteiger partial charge in [-0.15, -0.1) is 0 Å². The molecule has 1 aliphatic heterocycles. The van der Waals surface area contributed by atoms with Crippen LogP contribution in [-0.2, 0) is 9.84 Å². The highest BCUT2D eigenvalue weighted by atomic mass is 32.2. The maximum Gasteiger partial charge on any atom is 0.206 e. The van der Waals surface area contributed by atoms with Crippen LogP contribution >= 0.6 is 0 Å². The minimum Gasteiger partial charge on any atom is -0.506 e. The van der Waals surface area contributed by atoms with Crippen molar-refractivity contribution >= 4 is 15.6 Å². The molecule has 96 valence electrons. The van der Waals surface area contributed by atoms with E-state index in [1.165, 1.54) is 6.92 Å². The third-order valence-corrected chi connectivity index (χ3v) is 5.29. The first-order valence-corrected chi connectivity index (χ1v) is 7.35. The van der Waals surface area contributed by atoms with E-state index in [0.29, 0.717) is 5.56 Å². The van der Waals surface area contributed by atoms with Gasteiger partial charge in [0.25, 0.3) is 0 Å². The van der Waals surface area contributed by atoms with Gasteiger partial charge in [-0.3, -0.25) is 0 Å². The summed E-state index contributed by atoms with van der Waals surface area (Å²) in [5, 5.41) is 9.85. The Labute approximate surface area is 111 Å². The van der Waals surface area contributed by atoms with Gasteiger partial charge in [0.1, 0.15) is 5.76 Å². The largest absolute Gasteiger partial charge is 0.506 e. The number of aliphatic hydroxyl groups is 1. The van der Waals surface area contributed by atoms with Crippen molar-refractivity contribution in [2.75, 3.05) is 0 Å². The van der Waals surface area contributed by atoms with Crippen LogP contribution in [0.4, 0.5) is 0 Å². The van der Waals surface area contributed by atoms with Crippen LogP contribution in [-0.4, -0.2) is 13.5 Å². The number of benzene rings is 2. The van der Waals surface area contributed by atoms with E-state index in [-0.39, 0.29) is 15.6 Å². The number of sulfone groups is 1. The van der Waals surface area contributed by atoms with Gasteiger partial charge in [0.15, 0.2) is 0 Å². The second-order valence-electron chi connectivity index (χ2n) is 4.49. The number of hydrogen-bond acceptors (Lipinski definition) is 3. The lowest BCUT2D eigenvalue weighted by Gasteiger charge is -2.05. The fraction of sp³-hybridized carbons (Fsp3) is 0.0667. The Morgan fingerprint density at radius 3 is 2.32 bits per heavy atom. The van der Waals surface area contributed by atoms with Gasteiger partial charge in [-0.2, -0.15) is 0 Å². The quantitative estimate of drug-likeness (QED) is 0.865. The molecule has 3 nitrogen and oxygen atoms in total. The molecule has 1 aliphatic rings. The van der Waals surface area contributed by atoms with Gasteiger partial charge in [0.05, 0.1) is 9.80 Å². The summed E-state index contributed by atoms with van der Waals surface area (Å²) in [6, 6.07) is 14.6. The van der Waals surface area contributed by atoms with E-state index >= 15 is 0 Å². The molecule has 0 radical (unpaired) electrons. The van der Waals surface area contributed by atoms with E-state index in [4.69, 9.17) is 0 Å². The summed E-state index contributed by atoms with van der Waals surface area (Å²) in [5.41, 5.74) is 2.16. The van der Waals surface area contributed by atoms with Gasteiger partial charge < -0.3 is 5.11 Å². The van der Waals surface area contributed by atoms with Crippen molar-refractivity contribution in [1.29, 1.82) is 0 Å². The maximum absolute atomic E-state index is 12.2. The molecule has 0 fully saturated rings. The number of fused-ring (bicyclic) bond motifs is 1. The summed E-state index contributed by atoms with van der Waals surface area (Å²) < 4.78 is 24.3. The van der Waals surface area contributed by atoms with Gasteiger partial charge in [-0.25, -0.2) is 8.42 Å². The Morgan fingerprint density at radius 2 is 1.63 bits per heavy atom. The predicted molar refractivity (Wildman–Crippen MR) is 74.3 cm³/mol. The summed E-state index contributed by atoms with van der Waals surface area (Å²) >= 11 is 0. The van der Waals surface area contributed by atoms with Gasteiger partial charge in [0.2, 0.25) is 9.84 Å². The Morgan fingerprint density at radius 1 is 0.947 bits per heavy atom. The van der Waals surface area contributed by atoms with Crippen molar-refractivity contribution in [2.45, 2.75) is 11.8 Å². The normalized spacial score (nSPS) is 16.5. The van der Waals surface area contributed by atoms with E-state index in [1.807, 2.05) is 36.4 Å². The van der Waals surface area contributed by atoms with Gasteiger partial charge in [-0.05, 0) is 30.2 Å². The lowest BCUT2D eigenvalue weighted by molar-refractivity contribution is 0.509. The number of allylic oxidation sites excluding steroid dienone is 1. The lowest BCUT2D eigenvalue weighted by Crippen LogP contribution is -1.98. The highest BCUT2D eigenvalue weighted by Gasteiger charge is 2.33. The van der Waals surface area contributed by atoms with Crippen molar-refractivity contribution in [3.63, 3.8) is 0 Å². The molecule has 1 heterocycles. The lowest BCUT2D eigenvalue weighted by atomic mass is 10.0. The second-order valence-corrected chi connectivity index (χ2v) is 6.54. The third kappa shape index (κ3) is 1.68. The second kappa shape index (κ2) is 3.96. The molecule has 0 aliphatic carbocycles. The van der Waals surface area contributed by atoms with Crippen LogP contribution < -0.4 is 0 Å². The van der Waals surface area contributed by atoms with E-state index in [1.54, 1.807) is 12.1 Å². The molecule has 0 atom stereocenters. The fourth-order valence-corrected chi connectivity index (χ4v) is 3.66. The summed E-state index contributed by atoms with van der Waals surface area (Å²) in [6.45, 7) is 1.42.